The number of nitrogens with zero attached hydrogens (tertiary/aromatic N) is 1. The number of likely N-dealkylation sites (tertiary alicyclic amines) is 1. The summed E-state index contributed by atoms with van der Waals surface area (Å²) in [5.41, 5.74) is 0.823. The quantitative estimate of drug-likeness (QED) is 0.526. The summed E-state index contributed by atoms with van der Waals surface area (Å²) in [7, 11) is -3.46. The first kappa shape index (κ1) is 24.5. The molecule has 0 radical (unpaired) electrons. The van der Waals surface area contributed by atoms with Crippen LogP contribution in [0.5, 0.6) is 0 Å². The molecule has 1 amide bonds. The molecule has 3 rings (SSSR count). The molecule has 0 aromatic heterocycles. The fourth-order valence-electron chi connectivity index (χ4n) is 4.73. The highest BCUT2D eigenvalue weighted by atomic mass is 79.9. The third kappa shape index (κ3) is 6.45. The number of piperidine rings is 1. The van der Waals surface area contributed by atoms with Crippen LogP contribution in [-0.4, -0.2) is 44.6 Å². The SMILES string of the molecule is Cc1cc(S(=O)(=O)NCCCC2CC3(CCN(C(=O)OC(C)(C)C)CC3)C2)ccc1Br. The third-order valence-electron chi connectivity index (χ3n) is 6.44. The van der Waals surface area contributed by atoms with E-state index in [0.29, 0.717) is 22.8 Å². The van der Waals surface area contributed by atoms with Gasteiger partial charge in [0.05, 0.1) is 4.90 Å². The number of carbonyl (C=O) groups excluding carboxylic acids is 1. The Morgan fingerprint density at radius 2 is 1.90 bits per heavy atom. The van der Waals surface area contributed by atoms with E-state index < -0.39 is 15.6 Å². The van der Waals surface area contributed by atoms with Gasteiger partial charge in [0, 0.05) is 24.1 Å². The topological polar surface area (TPSA) is 75.7 Å². The lowest BCUT2D eigenvalue weighted by Gasteiger charge is -2.52. The van der Waals surface area contributed by atoms with Gasteiger partial charge in [0.1, 0.15) is 5.60 Å². The largest absolute Gasteiger partial charge is 0.444 e. The van der Waals surface area contributed by atoms with Crippen LogP contribution in [-0.2, 0) is 14.8 Å². The summed E-state index contributed by atoms with van der Waals surface area (Å²) in [5, 5.41) is 0. The number of ether oxygens (including phenoxy) is 1. The van der Waals surface area contributed by atoms with Crippen molar-refractivity contribution in [3.05, 3.63) is 28.2 Å². The molecular formula is C23H35BrN2O4S. The second-order valence-corrected chi connectivity index (χ2v) is 12.8. The normalized spacial score (nSPS) is 19.3. The zero-order valence-corrected chi connectivity index (χ0v) is 21.4. The van der Waals surface area contributed by atoms with E-state index in [4.69, 9.17) is 4.74 Å². The van der Waals surface area contributed by atoms with Gasteiger partial charge >= 0.3 is 6.09 Å². The van der Waals surface area contributed by atoms with Gasteiger partial charge in [-0.3, -0.25) is 0 Å². The van der Waals surface area contributed by atoms with Crippen LogP contribution in [0.2, 0.25) is 0 Å². The van der Waals surface area contributed by atoms with Gasteiger partial charge in [-0.25, -0.2) is 17.9 Å². The van der Waals surface area contributed by atoms with E-state index in [0.717, 1.165) is 48.8 Å². The van der Waals surface area contributed by atoms with Crippen LogP contribution >= 0.6 is 15.9 Å². The van der Waals surface area contributed by atoms with Crippen molar-refractivity contribution in [3.63, 3.8) is 0 Å². The Morgan fingerprint density at radius 3 is 2.48 bits per heavy atom. The van der Waals surface area contributed by atoms with Crippen molar-refractivity contribution < 1.29 is 17.9 Å². The molecule has 174 valence electrons. The first-order chi connectivity index (χ1) is 14.4. The van der Waals surface area contributed by atoms with E-state index in [9.17, 15) is 13.2 Å². The highest BCUT2D eigenvalue weighted by molar-refractivity contribution is 9.10. The molecule has 1 aromatic rings. The smallest absolute Gasteiger partial charge is 0.410 e. The van der Waals surface area contributed by atoms with Gasteiger partial charge in [-0.05, 0) is 101 Å². The summed E-state index contributed by atoms with van der Waals surface area (Å²) in [6.45, 7) is 9.58. The van der Waals surface area contributed by atoms with E-state index in [1.54, 1.807) is 18.2 Å². The monoisotopic (exact) mass is 514 g/mol. The minimum Gasteiger partial charge on any atom is -0.444 e. The zero-order valence-electron chi connectivity index (χ0n) is 19.0. The second kappa shape index (κ2) is 9.40. The molecule has 6 nitrogen and oxygen atoms in total. The Kier molecular flexibility index (Phi) is 7.43. The van der Waals surface area contributed by atoms with Gasteiger partial charge in [0.2, 0.25) is 10.0 Å². The van der Waals surface area contributed by atoms with Crippen LogP contribution in [0.3, 0.4) is 0 Å². The van der Waals surface area contributed by atoms with Crippen molar-refractivity contribution in [3.8, 4) is 0 Å². The summed E-state index contributed by atoms with van der Waals surface area (Å²) in [6, 6.07) is 5.08. The highest BCUT2D eigenvalue weighted by Crippen LogP contribution is 2.54. The molecule has 1 aliphatic heterocycles. The van der Waals surface area contributed by atoms with Crippen LogP contribution in [0.1, 0.15) is 64.9 Å². The summed E-state index contributed by atoms with van der Waals surface area (Å²) < 4.78 is 34.1. The molecule has 1 aliphatic carbocycles. The lowest BCUT2D eigenvalue weighted by molar-refractivity contribution is -0.0293. The number of rotatable bonds is 6. The summed E-state index contributed by atoms with van der Waals surface area (Å²) in [4.78, 5) is 14.4. The molecule has 1 spiro atoms. The predicted octanol–water partition coefficient (Wildman–Crippen LogP) is 5.24. The zero-order chi connectivity index (χ0) is 22.9. The van der Waals surface area contributed by atoms with Gasteiger partial charge in [0.25, 0.3) is 0 Å². The van der Waals surface area contributed by atoms with Crippen LogP contribution in [0.15, 0.2) is 27.6 Å². The summed E-state index contributed by atoms with van der Waals surface area (Å²) in [6.07, 6.45) is 6.14. The minimum atomic E-state index is -3.46. The molecule has 1 N–H and O–H groups in total. The Labute approximate surface area is 195 Å². The molecule has 1 heterocycles. The molecule has 1 aromatic carbocycles. The molecular weight excluding hydrogens is 480 g/mol. The fourth-order valence-corrected chi connectivity index (χ4v) is 6.14. The highest BCUT2D eigenvalue weighted by Gasteiger charge is 2.46. The van der Waals surface area contributed by atoms with E-state index in [1.165, 1.54) is 12.8 Å². The fraction of sp³-hybridized carbons (Fsp3) is 0.696. The van der Waals surface area contributed by atoms with Crippen LogP contribution in [0.25, 0.3) is 0 Å². The van der Waals surface area contributed by atoms with Crippen LogP contribution in [0, 0.1) is 18.3 Å². The maximum Gasteiger partial charge on any atom is 0.410 e. The van der Waals surface area contributed by atoms with Gasteiger partial charge in [0.15, 0.2) is 0 Å². The van der Waals surface area contributed by atoms with Crippen molar-refractivity contribution >= 4 is 32.0 Å². The Bertz CT molecular complexity index is 895. The molecule has 0 unspecified atom stereocenters. The maximum atomic E-state index is 12.5. The lowest BCUT2D eigenvalue weighted by Crippen LogP contribution is -2.49. The molecule has 1 saturated heterocycles. The van der Waals surface area contributed by atoms with Crippen LogP contribution < -0.4 is 4.72 Å². The Balaban J connectivity index is 1.36. The molecule has 0 bridgehead atoms. The van der Waals surface area contributed by atoms with Crippen molar-refractivity contribution in [1.29, 1.82) is 0 Å². The first-order valence-corrected chi connectivity index (χ1v) is 13.4. The summed E-state index contributed by atoms with van der Waals surface area (Å²) >= 11 is 3.40. The number of amides is 1. The van der Waals surface area contributed by atoms with Crippen molar-refractivity contribution in [1.82, 2.24) is 9.62 Å². The number of hydrogen-bond donors (Lipinski definition) is 1. The molecule has 0 atom stereocenters. The van der Waals surface area contributed by atoms with Crippen molar-refractivity contribution in [2.24, 2.45) is 11.3 Å². The van der Waals surface area contributed by atoms with Crippen LogP contribution in [0.4, 0.5) is 4.79 Å². The number of benzene rings is 1. The van der Waals surface area contributed by atoms with E-state index in [1.807, 2.05) is 32.6 Å². The number of sulfonamides is 1. The summed E-state index contributed by atoms with van der Waals surface area (Å²) in [5.74, 6) is 0.660. The van der Waals surface area contributed by atoms with Gasteiger partial charge in [-0.2, -0.15) is 0 Å². The van der Waals surface area contributed by atoms with Gasteiger partial charge in [-0.15, -0.1) is 0 Å². The predicted molar refractivity (Wildman–Crippen MR) is 125 cm³/mol. The van der Waals surface area contributed by atoms with Gasteiger partial charge in [-0.1, -0.05) is 15.9 Å². The van der Waals surface area contributed by atoms with E-state index >= 15 is 0 Å². The molecule has 31 heavy (non-hydrogen) atoms. The standard InChI is InChI=1S/C23H35BrN2O4S/c1-17-14-19(7-8-20(17)24)31(28,29)25-11-5-6-18-15-23(16-18)9-12-26(13-10-23)21(27)30-22(2,3)4/h7-8,14,18,25H,5-6,9-13,15-16H2,1-4H3. The number of aryl methyl sites for hydroxylation is 1. The molecule has 2 fully saturated rings. The average molecular weight is 516 g/mol. The minimum absolute atomic E-state index is 0.202. The lowest BCUT2D eigenvalue weighted by atomic mass is 9.56. The average Bonchev–Trinajstić information content (AvgIpc) is 2.64. The van der Waals surface area contributed by atoms with E-state index in [2.05, 4.69) is 20.7 Å². The second-order valence-electron chi connectivity index (χ2n) is 10.2. The number of halogens is 1. The maximum absolute atomic E-state index is 12.5. The Morgan fingerprint density at radius 1 is 1.26 bits per heavy atom. The number of carbonyl (C=O) groups is 1. The Hall–Kier alpha value is -1.12. The molecule has 2 aliphatic rings. The van der Waals surface area contributed by atoms with E-state index in [-0.39, 0.29) is 6.09 Å². The first-order valence-electron chi connectivity index (χ1n) is 11.1. The molecule has 8 heteroatoms. The number of hydrogen-bond acceptors (Lipinski definition) is 4. The van der Waals surface area contributed by atoms with Crippen molar-refractivity contribution in [2.75, 3.05) is 19.6 Å². The molecule has 1 saturated carbocycles. The van der Waals surface area contributed by atoms with Crippen molar-refractivity contribution in [2.45, 2.75) is 76.7 Å². The third-order valence-corrected chi connectivity index (χ3v) is 8.79. The van der Waals surface area contributed by atoms with Gasteiger partial charge < -0.3 is 9.64 Å². The number of nitrogens with one attached hydrogen (secondary N) is 1.